The number of esters is 1. The molecule has 1 rings (SSSR count). The van der Waals surface area contributed by atoms with Gasteiger partial charge in [-0.2, -0.15) is 0 Å². The molecule has 5 nitrogen and oxygen atoms in total. The van der Waals surface area contributed by atoms with Crippen LogP contribution in [0.25, 0.3) is 0 Å². The number of rotatable bonds is 3. The van der Waals surface area contributed by atoms with E-state index in [4.69, 9.17) is 4.74 Å². The molecule has 0 aliphatic carbocycles. The van der Waals surface area contributed by atoms with Gasteiger partial charge in [-0.1, -0.05) is 0 Å². The van der Waals surface area contributed by atoms with Crippen LogP contribution in [0.1, 0.15) is 20.8 Å². The largest absolute Gasteiger partial charge is 0.494 e. The maximum atomic E-state index is 11.1. The van der Waals surface area contributed by atoms with E-state index in [9.17, 15) is 9.59 Å². The van der Waals surface area contributed by atoms with Crippen molar-refractivity contribution in [3.63, 3.8) is 0 Å². The monoisotopic (exact) mass is 195 g/mol. The number of carbonyl (C=O) groups is 2. The average Bonchev–Trinajstić information content (AvgIpc) is 2.27. The van der Waals surface area contributed by atoms with Crippen molar-refractivity contribution in [2.24, 2.45) is 0 Å². The molecule has 0 saturated carbocycles. The van der Waals surface area contributed by atoms with Crippen LogP contribution in [-0.4, -0.2) is 31.5 Å². The van der Waals surface area contributed by atoms with Gasteiger partial charge in [-0.15, -0.1) is 0 Å². The Morgan fingerprint density at radius 2 is 2.21 bits per heavy atom. The number of aromatic nitrogens is 1. The van der Waals surface area contributed by atoms with E-state index in [1.54, 1.807) is 0 Å². The second kappa shape index (κ2) is 4.36. The van der Waals surface area contributed by atoms with Crippen molar-refractivity contribution in [2.75, 3.05) is 14.2 Å². The maximum Gasteiger partial charge on any atom is 0.360 e. The summed E-state index contributed by atoms with van der Waals surface area (Å²) in [5, 5.41) is 0. The van der Waals surface area contributed by atoms with E-state index in [0.717, 1.165) is 0 Å². The van der Waals surface area contributed by atoms with E-state index < -0.39 is 5.97 Å². The Balaban J connectivity index is 3.17. The summed E-state index contributed by atoms with van der Waals surface area (Å²) in [6.45, 7) is 0. The molecule has 0 radical (unpaired) electrons. The van der Waals surface area contributed by atoms with Crippen LogP contribution in [0.5, 0.6) is 5.75 Å². The first kappa shape index (κ1) is 10.2. The fraction of sp³-hybridized carbons (Fsp3) is 0.222. The van der Waals surface area contributed by atoms with E-state index in [1.807, 2.05) is 0 Å². The Kier molecular flexibility index (Phi) is 3.17. The molecule has 0 bridgehead atoms. The SMILES string of the molecule is COC(=O)c1ncc(C=O)cc1OC. The highest BCUT2D eigenvalue weighted by Crippen LogP contribution is 2.17. The number of nitrogens with zero attached hydrogens (tertiary/aromatic N) is 1. The summed E-state index contributed by atoms with van der Waals surface area (Å²) in [5.74, 6) is -0.374. The second-order valence-electron chi connectivity index (χ2n) is 2.43. The highest BCUT2D eigenvalue weighted by Gasteiger charge is 2.14. The molecule has 0 spiro atoms. The Bertz CT molecular complexity index is 362. The zero-order valence-corrected chi connectivity index (χ0v) is 7.81. The Hall–Kier alpha value is -1.91. The van der Waals surface area contributed by atoms with Crippen molar-refractivity contribution in [1.82, 2.24) is 4.98 Å². The second-order valence-corrected chi connectivity index (χ2v) is 2.43. The van der Waals surface area contributed by atoms with Gasteiger partial charge in [0.2, 0.25) is 0 Å². The molecule has 0 aliphatic heterocycles. The Labute approximate surface area is 80.7 Å². The molecular weight excluding hydrogens is 186 g/mol. The molecular formula is C9H9NO4. The van der Waals surface area contributed by atoms with Crippen LogP contribution in [0, 0.1) is 0 Å². The molecule has 0 amide bonds. The predicted octanol–water partition coefficient (Wildman–Crippen LogP) is 0.689. The quantitative estimate of drug-likeness (QED) is 0.524. The molecule has 74 valence electrons. The van der Waals surface area contributed by atoms with Gasteiger partial charge in [0, 0.05) is 11.8 Å². The standard InChI is InChI=1S/C9H9NO4/c1-13-7-3-6(5-11)4-10-8(7)9(12)14-2/h3-5H,1-2H3. The topological polar surface area (TPSA) is 65.5 Å². The normalized spacial score (nSPS) is 9.29. The molecule has 0 aromatic carbocycles. The molecule has 1 aromatic rings. The van der Waals surface area contributed by atoms with Crippen molar-refractivity contribution in [3.8, 4) is 5.75 Å². The van der Waals surface area contributed by atoms with Crippen LogP contribution in [0.2, 0.25) is 0 Å². The fourth-order valence-electron chi connectivity index (χ4n) is 0.930. The molecule has 0 aliphatic rings. The highest BCUT2D eigenvalue weighted by molar-refractivity contribution is 5.91. The Morgan fingerprint density at radius 3 is 2.71 bits per heavy atom. The molecule has 0 N–H and O–H groups in total. The summed E-state index contributed by atoms with van der Waals surface area (Å²) in [6, 6.07) is 1.42. The van der Waals surface area contributed by atoms with Crippen LogP contribution in [0.4, 0.5) is 0 Å². The third kappa shape index (κ3) is 1.87. The lowest BCUT2D eigenvalue weighted by Gasteiger charge is -2.05. The van der Waals surface area contributed by atoms with Crippen molar-refractivity contribution in [3.05, 3.63) is 23.5 Å². The Morgan fingerprint density at radius 1 is 1.50 bits per heavy atom. The van der Waals surface area contributed by atoms with Gasteiger partial charge in [0.05, 0.1) is 14.2 Å². The first-order valence-electron chi connectivity index (χ1n) is 3.80. The van der Waals surface area contributed by atoms with Gasteiger partial charge in [-0.3, -0.25) is 4.79 Å². The zero-order valence-electron chi connectivity index (χ0n) is 7.81. The van der Waals surface area contributed by atoms with E-state index in [-0.39, 0.29) is 11.4 Å². The number of ether oxygens (including phenoxy) is 2. The number of hydrogen-bond acceptors (Lipinski definition) is 5. The van der Waals surface area contributed by atoms with E-state index in [1.165, 1.54) is 26.5 Å². The van der Waals surface area contributed by atoms with Gasteiger partial charge in [-0.05, 0) is 6.07 Å². The van der Waals surface area contributed by atoms with Gasteiger partial charge >= 0.3 is 5.97 Å². The van der Waals surface area contributed by atoms with Crippen molar-refractivity contribution < 1.29 is 19.1 Å². The third-order valence-electron chi connectivity index (χ3n) is 1.61. The van der Waals surface area contributed by atoms with Crippen LogP contribution >= 0.6 is 0 Å². The van der Waals surface area contributed by atoms with Gasteiger partial charge in [0.25, 0.3) is 0 Å². The van der Waals surface area contributed by atoms with Crippen LogP contribution in [0.3, 0.4) is 0 Å². The first-order chi connectivity index (χ1) is 6.72. The number of hydrogen-bond donors (Lipinski definition) is 0. The maximum absolute atomic E-state index is 11.1. The van der Waals surface area contributed by atoms with E-state index in [0.29, 0.717) is 11.8 Å². The van der Waals surface area contributed by atoms with Crippen LogP contribution in [0.15, 0.2) is 12.3 Å². The summed E-state index contributed by atoms with van der Waals surface area (Å²) >= 11 is 0. The summed E-state index contributed by atoms with van der Waals surface area (Å²) in [5.41, 5.74) is 0.398. The number of pyridine rings is 1. The molecule has 5 heteroatoms. The fourth-order valence-corrected chi connectivity index (χ4v) is 0.930. The summed E-state index contributed by atoms with van der Waals surface area (Å²) in [7, 11) is 2.63. The van der Waals surface area contributed by atoms with Crippen molar-refractivity contribution >= 4 is 12.3 Å². The van der Waals surface area contributed by atoms with Crippen molar-refractivity contribution in [1.29, 1.82) is 0 Å². The number of aldehydes is 1. The van der Waals surface area contributed by atoms with E-state index >= 15 is 0 Å². The molecule has 0 unspecified atom stereocenters. The molecule has 0 fully saturated rings. The average molecular weight is 195 g/mol. The molecule has 1 heterocycles. The first-order valence-corrected chi connectivity index (χ1v) is 3.80. The van der Waals surface area contributed by atoms with Crippen molar-refractivity contribution in [2.45, 2.75) is 0 Å². The lowest BCUT2D eigenvalue weighted by molar-refractivity contribution is 0.0589. The smallest absolute Gasteiger partial charge is 0.360 e. The lowest BCUT2D eigenvalue weighted by Crippen LogP contribution is -2.07. The van der Waals surface area contributed by atoms with Gasteiger partial charge in [0.1, 0.15) is 0 Å². The summed E-state index contributed by atoms with van der Waals surface area (Å²) < 4.78 is 9.37. The minimum atomic E-state index is -0.598. The van der Waals surface area contributed by atoms with Gasteiger partial charge in [0.15, 0.2) is 17.7 Å². The summed E-state index contributed by atoms with van der Waals surface area (Å²) in [4.78, 5) is 25.3. The van der Waals surface area contributed by atoms with Gasteiger partial charge in [-0.25, -0.2) is 9.78 Å². The minimum absolute atomic E-state index is 0.0561. The van der Waals surface area contributed by atoms with E-state index in [2.05, 4.69) is 9.72 Å². The molecule has 14 heavy (non-hydrogen) atoms. The minimum Gasteiger partial charge on any atom is -0.494 e. The lowest BCUT2D eigenvalue weighted by atomic mass is 10.2. The molecule has 0 atom stereocenters. The predicted molar refractivity (Wildman–Crippen MR) is 47.5 cm³/mol. The number of methoxy groups -OCH3 is 2. The van der Waals surface area contributed by atoms with Crippen LogP contribution < -0.4 is 4.74 Å². The molecule has 0 saturated heterocycles. The van der Waals surface area contributed by atoms with Crippen LogP contribution in [-0.2, 0) is 4.74 Å². The third-order valence-corrected chi connectivity index (χ3v) is 1.61. The number of carbonyl (C=O) groups excluding carboxylic acids is 2. The van der Waals surface area contributed by atoms with Gasteiger partial charge < -0.3 is 9.47 Å². The summed E-state index contributed by atoms with van der Waals surface area (Å²) in [6.07, 6.45) is 1.90. The highest BCUT2D eigenvalue weighted by atomic mass is 16.5. The zero-order chi connectivity index (χ0) is 10.6. The molecule has 1 aromatic heterocycles.